The van der Waals surface area contributed by atoms with Gasteiger partial charge in [-0.3, -0.25) is 4.39 Å². The Balaban J connectivity index is 0.000000187. The molecule has 8 rings (SSSR count). The molecule has 0 spiro atoms. The molecule has 0 atom stereocenters. The number of pyridine rings is 2. The van der Waals surface area contributed by atoms with E-state index < -0.39 is 8.07 Å². The maximum absolute atomic E-state index is 14.1. The molecule has 0 bridgehead atoms. The van der Waals surface area contributed by atoms with Gasteiger partial charge in [0.25, 0.3) is 0 Å². The zero-order valence-corrected chi connectivity index (χ0v) is 35.1. The van der Waals surface area contributed by atoms with E-state index in [1.165, 1.54) is 39.1 Å². The van der Waals surface area contributed by atoms with Crippen LogP contribution >= 0.6 is 0 Å². The number of fused-ring (bicyclic) bond motifs is 3. The van der Waals surface area contributed by atoms with Gasteiger partial charge in [0.05, 0.1) is 13.7 Å². The quantitative estimate of drug-likeness (QED) is 0.123. The first kappa shape index (κ1) is 38.7. The van der Waals surface area contributed by atoms with Gasteiger partial charge in [0.15, 0.2) is 0 Å². The van der Waals surface area contributed by atoms with E-state index in [9.17, 15) is 4.39 Å². The van der Waals surface area contributed by atoms with Gasteiger partial charge in [-0.1, -0.05) is 146 Å². The predicted molar refractivity (Wildman–Crippen MR) is 222 cm³/mol. The number of nitrogens with zero attached hydrogens (tertiary/aromatic N) is 2. The second-order valence-electron chi connectivity index (χ2n) is 15.0. The number of aryl methyl sites for hydroxylation is 2. The van der Waals surface area contributed by atoms with Gasteiger partial charge in [-0.2, -0.15) is 0 Å². The third kappa shape index (κ3) is 8.22. The second-order valence-corrected chi connectivity index (χ2v) is 20.1. The van der Waals surface area contributed by atoms with E-state index in [4.69, 9.17) is 4.42 Å². The maximum Gasteiger partial charge on any atom is 0.121 e. The van der Waals surface area contributed by atoms with Crippen LogP contribution in [0.25, 0.3) is 66.7 Å². The van der Waals surface area contributed by atoms with E-state index >= 15 is 0 Å². The van der Waals surface area contributed by atoms with E-state index in [2.05, 4.69) is 124 Å². The van der Waals surface area contributed by atoms with E-state index in [1.807, 2.05) is 67.0 Å². The van der Waals surface area contributed by atoms with Crippen LogP contribution in [0.2, 0.25) is 19.6 Å². The molecule has 3 heterocycles. The maximum atomic E-state index is 14.1. The normalized spacial score (nSPS) is 11.4. The smallest absolute Gasteiger partial charge is 0.121 e. The summed E-state index contributed by atoms with van der Waals surface area (Å²) in [4.78, 5) is 9.19. The van der Waals surface area contributed by atoms with Gasteiger partial charge >= 0.3 is 0 Å². The van der Waals surface area contributed by atoms with Crippen molar-refractivity contribution in [3.05, 3.63) is 162 Å². The minimum Gasteiger partial charge on any atom is -0.501 e. The Hall–Kier alpha value is -5.00. The van der Waals surface area contributed by atoms with Crippen molar-refractivity contribution < 1.29 is 28.9 Å². The predicted octanol–water partition coefficient (Wildman–Crippen LogP) is 12.8. The number of hydrogen-bond acceptors (Lipinski definition) is 3. The van der Waals surface area contributed by atoms with Crippen LogP contribution < -0.4 is 5.19 Å². The first-order valence-electron chi connectivity index (χ1n) is 18.1. The molecule has 0 amide bonds. The molecule has 0 aliphatic carbocycles. The Morgan fingerprint density at radius 2 is 1.48 bits per heavy atom. The average molecular weight is 903 g/mol. The van der Waals surface area contributed by atoms with Crippen molar-refractivity contribution in [2.45, 2.75) is 53.3 Å². The molecule has 5 aromatic carbocycles. The third-order valence-corrected chi connectivity index (χ3v) is 11.6. The molecule has 0 unspecified atom stereocenters. The van der Waals surface area contributed by atoms with Gasteiger partial charge in [0.1, 0.15) is 5.58 Å². The van der Waals surface area contributed by atoms with Gasteiger partial charge in [-0.05, 0) is 65.2 Å². The molecule has 0 saturated carbocycles. The zero-order valence-electron chi connectivity index (χ0n) is 31.7. The standard InChI is InChI=1S/C28H24NO.C20H19FNSi.Ir/c1-17(2)20-11-12-29-25(16-20)23-8-5-9-24-27-22(7-6-10-26(27)30-28(23)24)21-14-18(3)13-19(4)15-21;1-23(2,3)17-10-12-20(22-14-17)16-9-11-19(21)18(13-16)15-7-5-4-6-8-15;/h5-7,9-17H,1-4H3;4-8,10-14H,1-3H3;/q2*-1;. The number of rotatable bonds is 6. The van der Waals surface area contributed by atoms with Crippen molar-refractivity contribution in [2.75, 3.05) is 0 Å². The van der Waals surface area contributed by atoms with Crippen molar-refractivity contribution in [1.82, 2.24) is 9.97 Å². The Morgan fingerprint density at radius 1 is 0.722 bits per heavy atom. The largest absolute Gasteiger partial charge is 0.501 e. The summed E-state index contributed by atoms with van der Waals surface area (Å²) in [6.07, 6.45) is 3.82. The molecule has 54 heavy (non-hydrogen) atoms. The summed E-state index contributed by atoms with van der Waals surface area (Å²) < 4.78 is 20.5. The average Bonchev–Trinajstić information content (AvgIpc) is 3.54. The van der Waals surface area contributed by atoms with Crippen LogP contribution in [-0.2, 0) is 20.1 Å². The van der Waals surface area contributed by atoms with E-state index in [1.54, 1.807) is 0 Å². The van der Waals surface area contributed by atoms with Crippen LogP contribution in [0.3, 0.4) is 0 Å². The number of benzene rings is 5. The molecule has 6 heteroatoms. The van der Waals surface area contributed by atoms with Crippen LogP contribution in [0.4, 0.5) is 4.39 Å². The number of hydrogen-bond donors (Lipinski definition) is 0. The molecule has 0 fully saturated rings. The molecule has 8 aromatic rings. The van der Waals surface area contributed by atoms with Gasteiger partial charge in [0.2, 0.25) is 0 Å². The van der Waals surface area contributed by atoms with E-state index in [-0.39, 0.29) is 25.9 Å². The van der Waals surface area contributed by atoms with Crippen molar-refractivity contribution in [3.8, 4) is 44.8 Å². The summed E-state index contributed by atoms with van der Waals surface area (Å²) in [7, 11) is -1.36. The first-order chi connectivity index (χ1) is 25.5. The topological polar surface area (TPSA) is 38.9 Å². The van der Waals surface area contributed by atoms with Gasteiger partial charge in [-0.15, -0.1) is 42.0 Å². The summed E-state index contributed by atoms with van der Waals surface area (Å²) in [6, 6.07) is 44.6. The molecule has 273 valence electrons. The Kier molecular flexibility index (Phi) is 11.6. The minimum atomic E-state index is -1.36. The number of furan rings is 1. The molecule has 0 saturated heterocycles. The third-order valence-electron chi connectivity index (χ3n) is 9.59. The zero-order chi connectivity index (χ0) is 37.3. The molecule has 3 nitrogen and oxygen atoms in total. The van der Waals surface area contributed by atoms with Crippen LogP contribution in [0.5, 0.6) is 0 Å². The van der Waals surface area contributed by atoms with Crippen LogP contribution in [0.15, 0.2) is 132 Å². The van der Waals surface area contributed by atoms with E-state index in [0.29, 0.717) is 11.5 Å². The summed E-state index contributed by atoms with van der Waals surface area (Å²) >= 11 is 0. The molecular formula is C48H43FIrN2OSi-2. The summed E-state index contributed by atoms with van der Waals surface area (Å²) in [5.74, 6) is 0.177. The number of aromatic nitrogens is 2. The van der Waals surface area contributed by atoms with Gasteiger partial charge < -0.3 is 14.4 Å². The Labute approximate surface area is 332 Å². The molecule has 0 N–H and O–H groups in total. The fourth-order valence-corrected chi connectivity index (χ4v) is 7.79. The van der Waals surface area contributed by atoms with Gasteiger partial charge in [0, 0.05) is 43.7 Å². The molecule has 1 radical (unpaired) electrons. The summed E-state index contributed by atoms with van der Waals surface area (Å²) in [5, 5.41) is 3.56. The van der Waals surface area contributed by atoms with Crippen molar-refractivity contribution in [3.63, 3.8) is 0 Å². The monoisotopic (exact) mass is 903 g/mol. The molecule has 0 aliphatic heterocycles. The molecule has 3 aromatic heterocycles. The Bertz CT molecular complexity index is 2530. The first-order valence-corrected chi connectivity index (χ1v) is 21.6. The molecule has 0 aliphatic rings. The van der Waals surface area contributed by atoms with Crippen molar-refractivity contribution >= 4 is 35.2 Å². The molecular weight excluding hydrogens is 860 g/mol. The fourth-order valence-electron chi connectivity index (χ4n) is 6.75. The fraction of sp³-hybridized carbons (Fsp3) is 0.167. The van der Waals surface area contributed by atoms with Crippen LogP contribution in [0.1, 0.15) is 36.5 Å². The SMILES string of the molecule is C[Si](C)(C)c1ccc(-c2[c-]cc(F)c(-c3ccccc3)c2)nc1.Cc1cc(C)cc(-c2cccc3oc4c(-c5cc(C(C)C)ccn5)[c-]ccc4c23)c1.[Ir]. The van der Waals surface area contributed by atoms with Crippen molar-refractivity contribution in [1.29, 1.82) is 0 Å². The minimum absolute atomic E-state index is 0. The summed E-state index contributed by atoms with van der Waals surface area (Å²) in [6.45, 7) is 15.6. The van der Waals surface area contributed by atoms with Gasteiger partial charge in [-0.25, -0.2) is 0 Å². The van der Waals surface area contributed by atoms with E-state index in [0.717, 1.165) is 50.0 Å². The number of halogens is 1. The van der Waals surface area contributed by atoms with Crippen LogP contribution in [-0.4, -0.2) is 18.0 Å². The van der Waals surface area contributed by atoms with Crippen LogP contribution in [0, 0.1) is 31.8 Å². The summed E-state index contributed by atoms with van der Waals surface area (Å²) in [5.41, 5.74) is 12.8. The van der Waals surface area contributed by atoms with Crippen molar-refractivity contribution in [2.24, 2.45) is 0 Å². The Morgan fingerprint density at radius 3 is 2.17 bits per heavy atom. The second kappa shape index (κ2) is 16.2.